The van der Waals surface area contributed by atoms with Gasteiger partial charge >= 0.3 is 23.9 Å². The fourth-order valence-electron chi connectivity index (χ4n) is 4.15. The molecule has 38 heavy (non-hydrogen) atoms. The maximum absolute atomic E-state index is 12.6. The summed E-state index contributed by atoms with van der Waals surface area (Å²) in [7, 11) is 1.22. The van der Waals surface area contributed by atoms with Crippen molar-refractivity contribution in [1.29, 1.82) is 0 Å². The van der Waals surface area contributed by atoms with Crippen LogP contribution in [0.3, 0.4) is 0 Å². The van der Waals surface area contributed by atoms with Crippen molar-refractivity contribution < 1.29 is 52.4 Å². The topological polar surface area (TPSA) is 153 Å². The molecule has 0 radical (unpaired) electrons. The van der Waals surface area contributed by atoms with Crippen LogP contribution in [-0.2, 0) is 42.9 Å². The predicted molar refractivity (Wildman–Crippen MR) is 130 cm³/mol. The van der Waals surface area contributed by atoms with E-state index in [-0.39, 0.29) is 11.3 Å². The maximum Gasteiger partial charge on any atom is 0.341 e. The monoisotopic (exact) mass is 531 g/mol. The van der Waals surface area contributed by atoms with Gasteiger partial charge in [-0.25, -0.2) is 4.79 Å². The molecule has 0 saturated carbocycles. The number of nitrogens with one attached hydrogen (secondary N) is 1. The zero-order chi connectivity index (χ0) is 28.0. The number of carbonyl (C=O) groups is 5. The minimum atomic E-state index is -1.40. The lowest BCUT2D eigenvalue weighted by Crippen LogP contribution is -2.67. The van der Waals surface area contributed by atoms with Gasteiger partial charge in [0.15, 0.2) is 12.2 Å². The van der Waals surface area contributed by atoms with E-state index in [1.165, 1.54) is 27.0 Å². The molecule has 1 aliphatic rings. The lowest BCUT2D eigenvalue weighted by molar-refractivity contribution is -0.257. The Balaban J connectivity index is 2.15. The summed E-state index contributed by atoms with van der Waals surface area (Å²) < 4.78 is 33.2. The number of rotatable bonds is 8. The Morgan fingerprint density at radius 3 is 2.13 bits per heavy atom. The Labute approximate surface area is 218 Å². The number of hydrogen-bond donors (Lipinski definition) is 1. The summed E-state index contributed by atoms with van der Waals surface area (Å²) in [5.74, 6) is -3.25. The largest absolute Gasteiger partial charge is 0.465 e. The third-order valence-electron chi connectivity index (χ3n) is 5.59. The zero-order valence-corrected chi connectivity index (χ0v) is 21.5. The van der Waals surface area contributed by atoms with E-state index in [0.717, 1.165) is 19.2 Å². The molecule has 1 heterocycles. The number of esters is 4. The molecule has 1 N–H and O–H groups in total. The minimum absolute atomic E-state index is 0.0686. The van der Waals surface area contributed by atoms with E-state index < -0.39 is 67.0 Å². The van der Waals surface area contributed by atoms with Crippen molar-refractivity contribution in [3.05, 3.63) is 42.0 Å². The Morgan fingerprint density at radius 2 is 1.53 bits per heavy atom. The van der Waals surface area contributed by atoms with E-state index in [4.69, 9.17) is 28.4 Å². The number of hydrogen-bond acceptors (Lipinski definition) is 11. The molecule has 0 aliphatic carbocycles. The summed E-state index contributed by atoms with van der Waals surface area (Å²) in [5, 5.41) is 3.89. The normalized spacial score (nSPS) is 22.6. The molecule has 3 rings (SSSR count). The van der Waals surface area contributed by atoms with E-state index in [2.05, 4.69) is 5.32 Å². The van der Waals surface area contributed by atoms with Crippen LogP contribution in [-0.4, -0.2) is 74.1 Å². The van der Waals surface area contributed by atoms with Crippen LogP contribution in [0.5, 0.6) is 5.75 Å². The van der Waals surface area contributed by atoms with Gasteiger partial charge in [-0.15, -0.1) is 0 Å². The van der Waals surface area contributed by atoms with Crippen LogP contribution >= 0.6 is 0 Å². The zero-order valence-electron chi connectivity index (χ0n) is 21.5. The van der Waals surface area contributed by atoms with Gasteiger partial charge < -0.3 is 33.7 Å². The van der Waals surface area contributed by atoms with E-state index in [0.29, 0.717) is 5.39 Å². The number of amides is 1. The summed E-state index contributed by atoms with van der Waals surface area (Å²) in [6.07, 6.45) is -5.15. The Hall–Kier alpha value is -4.19. The average Bonchev–Trinajstić information content (AvgIpc) is 2.85. The molecule has 1 saturated heterocycles. The second-order valence-corrected chi connectivity index (χ2v) is 8.49. The standard InChI is InChI=1S/C26H29NO11/c1-13(28)27-21-24(36-16(4)31)23(35-15(3)30)20(12-34-14(2)29)37-26(21)38-22-18-9-7-6-8-17(18)10-11-19(22)25(32)33-5/h6-11,20-21,23-24,26H,12H2,1-5H3,(H,27,28)/t20-,21-,23+,24+,26+/m1/s1. The molecule has 2 aromatic carbocycles. The maximum atomic E-state index is 12.6. The van der Waals surface area contributed by atoms with Crippen molar-refractivity contribution in [1.82, 2.24) is 5.32 Å². The van der Waals surface area contributed by atoms with Crippen molar-refractivity contribution in [3.8, 4) is 5.75 Å². The smallest absolute Gasteiger partial charge is 0.341 e. The SMILES string of the molecule is COC(=O)c1ccc2ccccc2c1O[C@@H]1O[C@H](COC(C)=O)[C@H](OC(C)=O)[C@@H](OC(C)=O)[C@H]1NC(C)=O. The first kappa shape index (κ1) is 28.4. The van der Waals surface area contributed by atoms with Crippen LogP contribution in [0.15, 0.2) is 36.4 Å². The van der Waals surface area contributed by atoms with Crippen LogP contribution in [0.2, 0.25) is 0 Å². The van der Waals surface area contributed by atoms with Crippen molar-refractivity contribution in [2.75, 3.05) is 13.7 Å². The highest BCUT2D eigenvalue weighted by molar-refractivity contribution is 6.01. The molecular formula is C26H29NO11. The summed E-state index contributed by atoms with van der Waals surface area (Å²) in [6, 6.07) is 9.08. The molecule has 1 amide bonds. The lowest BCUT2D eigenvalue weighted by atomic mass is 9.95. The highest BCUT2D eigenvalue weighted by Crippen LogP contribution is 2.35. The van der Waals surface area contributed by atoms with E-state index in [1.54, 1.807) is 30.3 Å². The number of methoxy groups -OCH3 is 1. The molecule has 0 aromatic heterocycles. The molecule has 2 aromatic rings. The number of benzene rings is 2. The van der Waals surface area contributed by atoms with Crippen molar-refractivity contribution in [3.63, 3.8) is 0 Å². The van der Waals surface area contributed by atoms with Crippen LogP contribution in [0.4, 0.5) is 0 Å². The summed E-state index contributed by atoms with van der Waals surface area (Å²) in [6.45, 7) is 4.30. The molecule has 0 spiro atoms. The molecule has 0 bridgehead atoms. The molecular weight excluding hydrogens is 502 g/mol. The van der Waals surface area contributed by atoms with Gasteiger partial charge in [0.25, 0.3) is 0 Å². The molecule has 204 valence electrons. The molecule has 12 heteroatoms. The third kappa shape index (κ3) is 6.76. The van der Waals surface area contributed by atoms with Crippen molar-refractivity contribution in [2.24, 2.45) is 0 Å². The Morgan fingerprint density at radius 1 is 0.868 bits per heavy atom. The van der Waals surface area contributed by atoms with Gasteiger partial charge in [0, 0.05) is 33.1 Å². The van der Waals surface area contributed by atoms with E-state index in [1.807, 2.05) is 0 Å². The highest BCUT2D eigenvalue weighted by atomic mass is 16.7. The number of ether oxygens (including phenoxy) is 6. The fourth-order valence-corrected chi connectivity index (χ4v) is 4.15. The predicted octanol–water partition coefficient (Wildman–Crippen LogP) is 1.66. The van der Waals surface area contributed by atoms with Gasteiger partial charge in [-0.3, -0.25) is 19.2 Å². The second kappa shape index (κ2) is 12.4. The molecule has 1 aliphatic heterocycles. The van der Waals surface area contributed by atoms with Crippen LogP contribution in [0.25, 0.3) is 10.8 Å². The van der Waals surface area contributed by atoms with Crippen LogP contribution in [0.1, 0.15) is 38.1 Å². The van der Waals surface area contributed by atoms with Crippen LogP contribution in [0, 0.1) is 0 Å². The van der Waals surface area contributed by atoms with Crippen molar-refractivity contribution >= 4 is 40.6 Å². The quantitative estimate of drug-likeness (QED) is 0.391. The van der Waals surface area contributed by atoms with Gasteiger partial charge in [0.1, 0.15) is 30.1 Å². The first-order chi connectivity index (χ1) is 18.0. The first-order valence-corrected chi connectivity index (χ1v) is 11.7. The Kier molecular flexibility index (Phi) is 9.24. The highest BCUT2D eigenvalue weighted by Gasteiger charge is 2.52. The summed E-state index contributed by atoms with van der Waals surface area (Å²) >= 11 is 0. The second-order valence-electron chi connectivity index (χ2n) is 8.49. The molecule has 12 nitrogen and oxygen atoms in total. The molecule has 5 atom stereocenters. The number of fused-ring (bicyclic) bond motifs is 1. The van der Waals surface area contributed by atoms with Gasteiger partial charge in [0.2, 0.25) is 12.2 Å². The minimum Gasteiger partial charge on any atom is -0.465 e. The summed E-state index contributed by atoms with van der Waals surface area (Å²) in [5.41, 5.74) is 0.0686. The molecule has 0 unspecified atom stereocenters. The third-order valence-corrected chi connectivity index (χ3v) is 5.59. The Bertz CT molecular complexity index is 1230. The lowest BCUT2D eigenvalue weighted by Gasteiger charge is -2.45. The van der Waals surface area contributed by atoms with E-state index >= 15 is 0 Å². The van der Waals surface area contributed by atoms with Gasteiger partial charge in [-0.2, -0.15) is 0 Å². The van der Waals surface area contributed by atoms with Crippen molar-refractivity contribution in [2.45, 2.75) is 58.3 Å². The fraction of sp³-hybridized carbons (Fsp3) is 0.423. The average molecular weight is 532 g/mol. The number of carbonyl (C=O) groups excluding carboxylic acids is 5. The first-order valence-electron chi connectivity index (χ1n) is 11.7. The molecule has 1 fully saturated rings. The van der Waals surface area contributed by atoms with Gasteiger partial charge in [-0.05, 0) is 11.5 Å². The van der Waals surface area contributed by atoms with E-state index in [9.17, 15) is 24.0 Å². The van der Waals surface area contributed by atoms with Gasteiger partial charge in [0.05, 0.1) is 7.11 Å². The summed E-state index contributed by atoms with van der Waals surface area (Å²) in [4.78, 5) is 60.3. The van der Waals surface area contributed by atoms with Gasteiger partial charge in [-0.1, -0.05) is 30.3 Å². The van der Waals surface area contributed by atoms with Crippen LogP contribution < -0.4 is 10.1 Å².